The smallest absolute Gasteiger partial charge is 0.444 e. The molecule has 0 unspecified atom stereocenters. The zero-order chi connectivity index (χ0) is 16.8. The summed E-state index contributed by atoms with van der Waals surface area (Å²) in [7, 11) is -0.303. The summed E-state index contributed by atoms with van der Waals surface area (Å²) in [6.07, 6.45) is 1.29. The van der Waals surface area contributed by atoms with Crippen LogP contribution in [0.2, 0.25) is 0 Å². The van der Waals surface area contributed by atoms with Crippen LogP contribution >= 0.6 is 0 Å². The molecule has 1 saturated heterocycles. The number of hydrogen-bond acceptors (Lipinski definition) is 4. The number of hydrogen-bond donors (Lipinski definition) is 1. The van der Waals surface area contributed by atoms with Crippen molar-refractivity contribution in [3.63, 3.8) is 0 Å². The first-order chi connectivity index (χ1) is 9.88. The zero-order valence-corrected chi connectivity index (χ0v) is 14.8. The van der Waals surface area contributed by atoms with Gasteiger partial charge in [0.25, 0.3) is 0 Å². The standard InChI is InChI=1S/C16H28BNO4/c1-14(2,3)20-13(19)18-12-8-11(9-12)10-17-21-15(4,5)16(6,7)22-17/h10,12H,8-9H2,1-7H3,(H,18,19). The van der Waals surface area contributed by atoms with Gasteiger partial charge in [-0.3, -0.25) is 0 Å². The summed E-state index contributed by atoms with van der Waals surface area (Å²) in [5.41, 5.74) is 0.161. The summed E-state index contributed by atoms with van der Waals surface area (Å²) in [6.45, 7) is 13.7. The molecule has 5 nitrogen and oxygen atoms in total. The molecule has 1 aliphatic heterocycles. The second-order valence-corrected chi connectivity index (χ2v) is 8.20. The first-order valence-corrected chi connectivity index (χ1v) is 7.93. The highest BCUT2D eigenvalue weighted by Crippen LogP contribution is 2.38. The summed E-state index contributed by atoms with van der Waals surface area (Å²) in [5, 5.41) is 2.88. The molecule has 0 aromatic rings. The molecule has 1 amide bonds. The van der Waals surface area contributed by atoms with E-state index in [1.54, 1.807) is 0 Å². The normalized spacial score (nSPS) is 26.4. The predicted molar refractivity (Wildman–Crippen MR) is 86.6 cm³/mol. The maximum atomic E-state index is 11.7. The Morgan fingerprint density at radius 2 is 1.73 bits per heavy atom. The van der Waals surface area contributed by atoms with Crippen LogP contribution in [0.4, 0.5) is 4.79 Å². The molecule has 1 aliphatic carbocycles. The molecular formula is C16H28BNO4. The number of rotatable bonds is 2. The van der Waals surface area contributed by atoms with Gasteiger partial charge in [0.15, 0.2) is 0 Å². The lowest BCUT2D eigenvalue weighted by molar-refractivity contribution is 0.00578. The van der Waals surface area contributed by atoms with E-state index in [1.165, 1.54) is 5.57 Å². The van der Waals surface area contributed by atoms with E-state index in [4.69, 9.17) is 14.0 Å². The number of amides is 1. The number of ether oxygens (including phenoxy) is 1. The van der Waals surface area contributed by atoms with Crippen molar-refractivity contribution in [2.75, 3.05) is 0 Å². The van der Waals surface area contributed by atoms with Crippen molar-refractivity contribution >= 4 is 13.2 Å². The summed E-state index contributed by atoms with van der Waals surface area (Å²) >= 11 is 0. The molecule has 0 aromatic heterocycles. The van der Waals surface area contributed by atoms with Crippen molar-refractivity contribution < 1.29 is 18.8 Å². The molecule has 1 N–H and O–H groups in total. The second-order valence-electron chi connectivity index (χ2n) is 8.20. The molecule has 0 spiro atoms. The number of nitrogens with one attached hydrogen (secondary N) is 1. The Balaban J connectivity index is 1.79. The molecule has 0 bridgehead atoms. The van der Waals surface area contributed by atoms with Gasteiger partial charge < -0.3 is 19.4 Å². The lowest BCUT2D eigenvalue weighted by atomic mass is 9.77. The van der Waals surface area contributed by atoms with Crippen molar-refractivity contribution in [3.8, 4) is 0 Å². The highest BCUT2D eigenvalue weighted by molar-refractivity contribution is 6.51. The highest BCUT2D eigenvalue weighted by atomic mass is 16.7. The monoisotopic (exact) mass is 309 g/mol. The van der Waals surface area contributed by atoms with Crippen LogP contribution in [-0.2, 0) is 14.0 Å². The van der Waals surface area contributed by atoms with Crippen molar-refractivity contribution in [3.05, 3.63) is 11.5 Å². The Hall–Kier alpha value is -1.01. The molecule has 2 fully saturated rings. The molecule has 124 valence electrons. The van der Waals surface area contributed by atoms with Gasteiger partial charge in [-0.1, -0.05) is 11.5 Å². The minimum absolute atomic E-state index is 0.142. The van der Waals surface area contributed by atoms with Gasteiger partial charge in [0.05, 0.1) is 11.2 Å². The van der Waals surface area contributed by atoms with Crippen LogP contribution in [0.3, 0.4) is 0 Å². The fourth-order valence-corrected chi connectivity index (χ4v) is 2.43. The van der Waals surface area contributed by atoms with Crippen LogP contribution in [-0.4, -0.2) is 36.1 Å². The van der Waals surface area contributed by atoms with Gasteiger partial charge in [-0.25, -0.2) is 4.79 Å². The van der Waals surface area contributed by atoms with Crippen LogP contribution in [0.25, 0.3) is 0 Å². The average Bonchev–Trinajstić information content (AvgIpc) is 2.41. The van der Waals surface area contributed by atoms with Crippen molar-refractivity contribution in [2.24, 2.45) is 0 Å². The number of carbonyl (C=O) groups is 1. The van der Waals surface area contributed by atoms with E-state index in [1.807, 2.05) is 54.4 Å². The van der Waals surface area contributed by atoms with E-state index >= 15 is 0 Å². The van der Waals surface area contributed by atoms with E-state index in [0.717, 1.165) is 12.8 Å². The summed E-state index contributed by atoms with van der Waals surface area (Å²) in [6, 6.07) is 0.142. The average molecular weight is 309 g/mol. The van der Waals surface area contributed by atoms with Gasteiger partial charge in [0.2, 0.25) is 0 Å². The Labute approximate surface area is 133 Å². The minimum Gasteiger partial charge on any atom is -0.444 e. The molecule has 2 aliphatic rings. The van der Waals surface area contributed by atoms with E-state index in [9.17, 15) is 4.79 Å². The molecule has 22 heavy (non-hydrogen) atoms. The molecule has 6 heteroatoms. The molecule has 2 rings (SSSR count). The van der Waals surface area contributed by atoms with Crippen molar-refractivity contribution in [1.29, 1.82) is 0 Å². The van der Waals surface area contributed by atoms with E-state index in [-0.39, 0.29) is 30.5 Å². The van der Waals surface area contributed by atoms with Gasteiger partial charge in [-0.05, 0) is 61.3 Å². The molecule has 0 radical (unpaired) electrons. The van der Waals surface area contributed by atoms with E-state index in [0.29, 0.717) is 0 Å². The summed E-state index contributed by atoms with van der Waals surface area (Å²) in [4.78, 5) is 11.7. The van der Waals surface area contributed by atoms with Crippen molar-refractivity contribution in [2.45, 2.75) is 84.2 Å². The maximum absolute atomic E-state index is 11.7. The van der Waals surface area contributed by atoms with Gasteiger partial charge in [-0.2, -0.15) is 0 Å². The van der Waals surface area contributed by atoms with Crippen LogP contribution in [0.1, 0.15) is 61.3 Å². The fraction of sp³-hybridized carbons (Fsp3) is 0.812. The van der Waals surface area contributed by atoms with Gasteiger partial charge in [-0.15, -0.1) is 0 Å². The van der Waals surface area contributed by atoms with E-state index in [2.05, 4.69) is 5.32 Å². The third-order valence-electron chi connectivity index (χ3n) is 4.38. The Morgan fingerprint density at radius 1 is 1.23 bits per heavy atom. The largest absolute Gasteiger partial charge is 0.487 e. The third-order valence-corrected chi connectivity index (χ3v) is 4.38. The molecule has 0 atom stereocenters. The maximum Gasteiger partial charge on any atom is 0.487 e. The zero-order valence-electron chi connectivity index (χ0n) is 14.8. The third kappa shape index (κ3) is 4.05. The van der Waals surface area contributed by atoms with Gasteiger partial charge in [0.1, 0.15) is 5.60 Å². The SMILES string of the molecule is CC(C)(C)OC(=O)NC1CC(=CB2OC(C)(C)C(C)(C)O2)C1. The molecule has 1 saturated carbocycles. The highest BCUT2D eigenvalue weighted by Gasteiger charge is 2.50. The lowest BCUT2D eigenvalue weighted by Crippen LogP contribution is -2.43. The quantitative estimate of drug-likeness (QED) is 0.796. The predicted octanol–water partition coefficient (Wildman–Crippen LogP) is 3.23. The molecular weight excluding hydrogens is 281 g/mol. The van der Waals surface area contributed by atoms with Crippen LogP contribution in [0.15, 0.2) is 11.5 Å². The van der Waals surface area contributed by atoms with Gasteiger partial charge in [0, 0.05) is 6.04 Å². The summed E-state index contributed by atoms with van der Waals surface area (Å²) in [5.74, 6) is 2.03. The number of alkyl carbamates (subject to hydrolysis) is 1. The molecule has 0 aromatic carbocycles. The minimum atomic E-state index is -0.463. The second kappa shape index (κ2) is 5.57. The first kappa shape index (κ1) is 17.4. The lowest BCUT2D eigenvalue weighted by Gasteiger charge is -2.32. The fourth-order valence-electron chi connectivity index (χ4n) is 2.43. The Kier molecular flexibility index (Phi) is 4.39. The van der Waals surface area contributed by atoms with Crippen LogP contribution in [0.5, 0.6) is 0 Å². The van der Waals surface area contributed by atoms with Crippen LogP contribution in [0, 0.1) is 0 Å². The Morgan fingerprint density at radius 3 is 2.18 bits per heavy atom. The number of carbonyl (C=O) groups excluding carboxylic acids is 1. The summed E-state index contributed by atoms with van der Waals surface area (Å²) < 4.78 is 17.1. The van der Waals surface area contributed by atoms with Gasteiger partial charge >= 0.3 is 13.2 Å². The molecule has 1 heterocycles. The van der Waals surface area contributed by atoms with Crippen LogP contribution < -0.4 is 5.32 Å². The van der Waals surface area contributed by atoms with Crippen molar-refractivity contribution in [1.82, 2.24) is 5.32 Å². The van der Waals surface area contributed by atoms with E-state index < -0.39 is 5.60 Å². The topological polar surface area (TPSA) is 56.8 Å². The first-order valence-electron chi connectivity index (χ1n) is 7.93. The Bertz CT molecular complexity index is 455.